The lowest BCUT2D eigenvalue weighted by molar-refractivity contribution is -0.131. The number of hydrogen-bond acceptors (Lipinski definition) is 5. The molecule has 0 amide bonds. The molecule has 0 aliphatic heterocycles. The highest BCUT2D eigenvalue weighted by atomic mass is 35.5. The van der Waals surface area contributed by atoms with Crippen LogP contribution in [0.5, 0.6) is 5.75 Å². The van der Waals surface area contributed by atoms with Crippen LogP contribution in [0, 0.1) is 19.8 Å². The van der Waals surface area contributed by atoms with Crippen molar-refractivity contribution in [2.75, 3.05) is 10.8 Å². The van der Waals surface area contributed by atoms with Gasteiger partial charge in [-0.2, -0.15) is 0 Å². The molecule has 1 heterocycles. The Morgan fingerprint density at radius 3 is 2.53 bits per heavy atom. The van der Waals surface area contributed by atoms with Crippen molar-refractivity contribution in [3.05, 3.63) is 88.2 Å². The number of carbonyl (C=O) groups is 1. The summed E-state index contributed by atoms with van der Waals surface area (Å²) >= 11 is 6.44. The fourth-order valence-electron chi connectivity index (χ4n) is 3.55. The second kappa shape index (κ2) is 11.6. The summed E-state index contributed by atoms with van der Waals surface area (Å²) in [7, 11) is -3.93. The first kappa shape index (κ1) is 27.2. The quantitative estimate of drug-likeness (QED) is 0.330. The zero-order chi connectivity index (χ0) is 26.5. The van der Waals surface area contributed by atoms with Crippen LogP contribution >= 0.6 is 11.6 Å². The monoisotopic (exact) mass is 528 g/mol. The molecule has 0 unspecified atom stereocenters. The van der Waals surface area contributed by atoms with Gasteiger partial charge >= 0.3 is 5.97 Å². The Balaban J connectivity index is 2.00. The van der Waals surface area contributed by atoms with Gasteiger partial charge in [-0.1, -0.05) is 43.6 Å². The van der Waals surface area contributed by atoms with E-state index in [0.717, 1.165) is 28.3 Å². The lowest BCUT2D eigenvalue weighted by Gasteiger charge is -2.28. The maximum atomic E-state index is 13.6. The van der Waals surface area contributed by atoms with E-state index in [1.807, 2.05) is 39.8 Å². The van der Waals surface area contributed by atoms with E-state index < -0.39 is 16.0 Å². The topological polar surface area (TPSA) is 96.8 Å². The van der Waals surface area contributed by atoms with Gasteiger partial charge in [0.05, 0.1) is 5.69 Å². The third-order valence-electron chi connectivity index (χ3n) is 5.43. The average Bonchev–Trinajstić information content (AvgIpc) is 2.83. The first-order valence-corrected chi connectivity index (χ1v) is 13.2. The summed E-state index contributed by atoms with van der Waals surface area (Å²) in [5.41, 5.74) is 3.65. The SMILES string of the molecule is Cc1cc(OCc2ccc(/C=C/C(=O)O)cc2C)c(N(CC(C)C)S(=O)(=O)c2cccnc2)cc1Cl. The molecule has 0 atom stereocenters. The van der Waals surface area contributed by atoms with Crippen LogP contribution < -0.4 is 9.04 Å². The van der Waals surface area contributed by atoms with Gasteiger partial charge in [-0.25, -0.2) is 13.2 Å². The molecule has 36 heavy (non-hydrogen) atoms. The number of sulfonamides is 1. The number of aromatic nitrogens is 1. The van der Waals surface area contributed by atoms with E-state index in [1.54, 1.807) is 24.3 Å². The van der Waals surface area contributed by atoms with E-state index in [4.69, 9.17) is 21.4 Å². The Kier molecular flexibility index (Phi) is 8.76. The number of nitrogens with zero attached hydrogens (tertiary/aromatic N) is 2. The predicted molar refractivity (Wildman–Crippen MR) is 142 cm³/mol. The van der Waals surface area contributed by atoms with E-state index in [1.165, 1.54) is 28.8 Å². The number of aryl methyl sites for hydroxylation is 2. The number of anilines is 1. The maximum Gasteiger partial charge on any atom is 0.328 e. The highest BCUT2D eigenvalue weighted by Gasteiger charge is 2.29. The zero-order valence-corrected chi connectivity index (χ0v) is 22.2. The number of halogens is 1. The largest absolute Gasteiger partial charge is 0.487 e. The molecule has 190 valence electrons. The molecule has 0 aliphatic carbocycles. The van der Waals surface area contributed by atoms with Gasteiger partial charge in [0, 0.05) is 30.0 Å². The number of carboxylic acid groups (broad SMARTS) is 1. The lowest BCUT2D eigenvalue weighted by atomic mass is 10.1. The Morgan fingerprint density at radius 1 is 1.17 bits per heavy atom. The highest BCUT2D eigenvalue weighted by molar-refractivity contribution is 7.92. The predicted octanol–water partition coefficient (Wildman–Crippen LogP) is 5.88. The van der Waals surface area contributed by atoms with Crippen LogP contribution in [0.25, 0.3) is 6.08 Å². The summed E-state index contributed by atoms with van der Waals surface area (Å²) in [6.07, 6.45) is 5.45. The Morgan fingerprint density at radius 2 is 1.92 bits per heavy atom. The van der Waals surface area contributed by atoms with Crippen molar-refractivity contribution >= 4 is 39.4 Å². The van der Waals surface area contributed by atoms with E-state index >= 15 is 0 Å². The third-order valence-corrected chi connectivity index (χ3v) is 7.60. The molecular formula is C27H29ClN2O5S. The standard InChI is InChI=1S/C27H29ClN2O5S/c1-18(2)16-30(36(33,34)23-6-5-11-29-15-23)25-14-24(28)20(4)13-26(25)35-17-22-9-7-21(12-19(22)3)8-10-27(31)32/h5-15,18H,16-17H2,1-4H3,(H,31,32)/b10-8+. The van der Waals surface area contributed by atoms with Crippen molar-refractivity contribution in [3.63, 3.8) is 0 Å². The van der Waals surface area contributed by atoms with Crippen LogP contribution in [-0.4, -0.2) is 31.0 Å². The molecule has 0 saturated carbocycles. The minimum atomic E-state index is -3.93. The molecular weight excluding hydrogens is 500 g/mol. The van der Waals surface area contributed by atoms with Crippen LogP contribution in [0.4, 0.5) is 5.69 Å². The summed E-state index contributed by atoms with van der Waals surface area (Å²) in [6.45, 7) is 8.01. The van der Waals surface area contributed by atoms with Gasteiger partial charge in [-0.05, 0) is 72.4 Å². The van der Waals surface area contributed by atoms with Crippen molar-refractivity contribution in [2.24, 2.45) is 5.92 Å². The Labute approximate surface area is 217 Å². The second-order valence-electron chi connectivity index (χ2n) is 8.83. The molecule has 2 aromatic carbocycles. The fourth-order valence-corrected chi connectivity index (χ4v) is 5.30. The summed E-state index contributed by atoms with van der Waals surface area (Å²) in [6, 6.07) is 12.0. The summed E-state index contributed by atoms with van der Waals surface area (Å²) in [4.78, 5) is 14.8. The normalized spacial score (nSPS) is 11.7. The minimum Gasteiger partial charge on any atom is -0.487 e. The molecule has 7 nitrogen and oxygen atoms in total. The molecule has 1 N–H and O–H groups in total. The molecule has 0 aliphatic rings. The van der Waals surface area contributed by atoms with Crippen LogP contribution in [0.3, 0.4) is 0 Å². The van der Waals surface area contributed by atoms with E-state index in [0.29, 0.717) is 16.5 Å². The highest BCUT2D eigenvalue weighted by Crippen LogP contribution is 2.38. The number of benzene rings is 2. The molecule has 0 saturated heterocycles. The molecule has 1 aromatic heterocycles. The number of carboxylic acids is 1. The van der Waals surface area contributed by atoms with Gasteiger partial charge in [0.2, 0.25) is 0 Å². The van der Waals surface area contributed by atoms with Gasteiger partial charge in [0.25, 0.3) is 10.0 Å². The molecule has 3 rings (SSSR count). The van der Waals surface area contributed by atoms with Crippen molar-refractivity contribution < 1.29 is 23.1 Å². The van der Waals surface area contributed by atoms with Gasteiger partial charge < -0.3 is 9.84 Å². The van der Waals surface area contributed by atoms with Crippen molar-refractivity contribution in [3.8, 4) is 5.75 Å². The molecule has 0 radical (unpaired) electrons. The summed E-state index contributed by atoms with van der Waals surface area (Å²) in [5.74, 6) is -0.602. The van der Waals surface area contributed by atoms with Crippen molar-refractivity contribution in [1.29, 1.82) is 0 Å². The van der Waals surface area contributed by atoms with E-state index in [2.05, 4.69) is 4.98 Å². The Bertz CT molecular complexity index is 1370. The Hall–Kier alpha value is -3.36. The van der Waals surface area contributed by atoms with Gasteiger partial charge in [0.15, 0.2) is 0 Å². The van der Waals surface area contributed by atoms with Gasteiger partial charge in [0.1, 0.15) is 17.3 Å². The average molecular weight is 529 g/mol. The number of ether oxygens (including phenoxy) is 1. The molecule has 9 heteroatoms. The summed E-state index contributed by atoms with van der Waals surface area (Å²) < 4.78 is 34.8. The first-order valence-electron chi connectivity index (χ1n) is 11.3. The van der Waals surface area contributed by atoms with E-state index in [-0.39, 0.29) is 24.0 Å². The lowest BCUT2D eigenvalue weighted by Crippen LogP contribution is -2.34. The number of pyridine rings is 1. The first-order chi connectivity index (χ1) is 17.0. The number of rotatable bonds is 10. The fraction of sp³-hybridized carbons (Fsp3) is 0.259. The third kappa shape index (κ3) is 6.65. The van der Waals surface area contributed by atoms with Gasteiger partial charge in [-0.3, -0.25) is 9.29 Å². The molecule has 3 aromatic rings. The second-order valence-corrected chi connectivity index (χ2v) is 11.1. The molecule has 0 bridgehead atoms. The molecule has 0 fully saturated rings. The molecule has 0 spiro atoms. The van der Waals surface area contributed by atoms with Crippen LogP contribution in [0.1, 0.15) is 36.1 Å². The van der Waals surface area contributed by atoms with Crippen LogP contribution in [0.2, 0.25) is 5.02 Å². The van der Waals surface area contributed by atoms with E-state index in [9.17, 15) is 13.2 Å². The number of aliphatic carboxylic acids is 1. The van der Waals surface area contributed by atoms with Crippen molar-refractivity contribution in [1.82, 2.24) is 4.98 Å². The van der Waals surface area contributed by atoms with Crippen LogP contribution in [-0.2, 0) is 21.4 Å². The minimum absolute atomic E-state index is 0.0259. The van der Waals surface area contributed by atoms with Crippen LogP contribution in [0.15, 0.2) is 65.8 Å². The van der Waals surface area contributed by atoms with Crippen molar-refractivity contribution in [2.45, 2.75) is 39.2 Å². The smallest absolute Gasteiger partial charge is 0.328 e. The summed E-state index contributed by atoms with van der Waals surface area (Å²) in [5, 5.41) is 9.27. The maximum absolute atomic E-state index is 13.6. The van der Waals surface area contributed by atoms with Gasteiger partial charge in [-0.15, -0.1) is 0 Å². The number of hydrogen-bond donors (Lipinski definition) is 1. The zero-order valence-electron chi connectivity index (χ0n) is 20.6.